The van der Waals surface area contributed by atoms with Gasteiger partial charge in [0.25, 0.3) is 5.91 Å². The summed E-state index contributed by atoms with van der Waals surface area (Å²) >= 11 is 0. The fraction of sp³-hybridized carbons (Fsp3) is 0.556. The zero-order valence-electron chi connectivity index (χ0n) is 8.28. The Morgan fingerprint density at radius 3 is 3.00 bits per heavy atom. The Bertz CT molecular complexity index is 307. The summed E-state index contributed by atoms with van der Waals surface area (Å²) in [4.78, 5) is 11.3. The summed E-state index contributed by atoms with van der Waals surface area (Å²) in [5.41, 5.74) is 0.672. The number of carbonyl (C=O) groups is 1. The van der Waals surface area contributed by atoms with E-state index in [9.17, 15) is 4.79 Å². The van der Waals surface area contributed by atoms with Crippen LogP contribution in [0.5, 0.6) is 0 Å². The van der Waals surface area contributed by atoms with Crippen LogP contribution >= 0.6 is 0 Å². The molecule has 14 heavy (non-hydrogen) atoms. The van der Waals surface area contributed by atoms with Crippen LogP contribution in [0.4, 0.5) is 0 Å². The van der Waals surface area contributed by atoms with Crippen molar-refractivity contribution in [1.29, 1.82) is 0 Å². The molecule has 0 saturated carbocycles. The molecule has 1 rings (SSSR count). The monoisotopic (exact) mass is 198 g/mol. The van der Waals surface area contributed by atoms with Crippen LogP contribution in [-0.2, 0) is 0 Å². The summed E-state index contributed by atoms with van der Waals surface area (Å²) in [5.74, 6) is -0.0978. The molecule has 0 fully saturated rings. The standard InChI is InChI=1S/C9H14N2O3/c1-6-5-8(14-11-6)9(13)10-4-3-7(2)12/h5,7,12H,3-4H2,1-2H3,(H,10,13). The highest BCUT2D eigenvalue weighted by atomic mass is 16.5. The Labute approximate surface area is 82.1 Å². The number of aryl methyl sites for hydroxylation is 1. The second-order valence-electron chi connectivity index (χ2n) is 3.23. The van der Waals surface area contributed by atoms with Gasteiger partial charge in [-0.1, -0.05) is 5.16 Å². The summed E-state index contributed by atoms with van der Waals surface area (Å²) < 4.78 is 4.76. The first-order valence-corrected chi connectivity index (χ1v) is 4.49. The fourth-order valence-corrected chi connectivity index (χ4v) is 0.952. The van der Waals surface area contributed by atoms with Crippen molar-refractivity contribution in [2.45, 2.75) is 26.4 Å². The van der Waals surface area contributed by atoms with E-state index in [2.05, 4.69) is 10.5 Å². The average molecular weight is 198 g/mol. The van der Waals surface area contributed by atoms with Gasteiger partial charge < -0.3 is 14.9 Å². The molecule has 1 unspecified atom stereocenters. The minimum Gasteiger partial charge on any atom is -0.393 e. The number of aromatic nitrogens is 1. The molecule has 0 aromatic carbocycles. The molecule has 0 radical (unpaired) electrons. The van der Waals surface area contributed by atoms with Gasteiger partial charge in [0.15, 0.2) is 0 Å². The summed E-state index contributed by atoms with van der Waals surface area (Å²) in [6.45, 7) is 3.84. The highest BCUT2D eigenvalue weighted by Crippen LogP contribution is 2.01. The molecular weight excluding hydrogens is 184 g/mol. The molecule has 5 nitrogen and oxygen atoms in total. The molecule has 0 saturated heterocycles. The Morgan fingerprint density at radius 2 is 2.50 bits per heavy atom. The third kappa shape index (κ3) is 3.18. The Balaban J connectivity index is 2.36. The molecule has 0 bridgehead atoms. The molecule has 78 valence electrons. The number of carbonyl (C=O) groups excluding carboxylic acids is 1. The van der Waals surface area contributed by atoms with Crippen LogP contribution in [0.15, 0.2) is 10.6 Å². The Kier molecular flexibility index (Phi) is 3.64. The summed E-state index contributed by atoms with van der Waals surface area (Å²) in [5, 5.41) is 15.2. The van der Waals surface area contributed by atoms with E-state index in [0.29, 0.717) is 18.7 Å². The molecule has 1 aromatic rings. The van der Waals surface area contributed by atoms with E-state index in [1.807, 2.05) is 0 Å². The first-order chi connectivity index (χ1) is 6.59. The summed E-state index contributed by atoms with van der Waals surface area (Å²) in [6.07, 6.45) is 0.116. The summed E-state index contributed by atoms with van der Waals surface area (Å²) in [6, 6.07) is 1.57. The van der Waals surface area contributed by atoms with Crippen LogP contribution in [0.25, 0.3) is 0 Å². The maximum absolute atomic E-state index is 11.3. The van der Waals surface area contributed by atoms with E-state index < -0.39 is 6.10 Å². The van der Waals surface area contributed by atoms with Gasteiger partial charge in [-0.05, 0) is 20.3 Å². The van der Waals surface area contributed by atoms with E-state index in [1.165, 1.54) is 0 Å². The minimum atomic E-state index is -0.410. The number of hydrogen-bond acceptors (Lipinski definition) is 4. The van der Waals surface area contributed by atoms with Crippen molar-refractivity contribution in [1.82, 2.24) is 10.5 Å². The zero-order chi connectivity index (χ0) is 10.6. The second-order valence-corrected chi connectivity index (χ2v) is 3.23. The van der Waals surface area contributed by atoms with Crippen LogP contribution in [0, 0.1) is 6.92 Å². The zero-order valence-corrected chi connectivity index (χ0v) is 8.28. The van der Waals surface area contributed by atoms with Crippen molar-refractivity contribution in [2.75, 3.05) is 6.54 Å². The average Bonchev–Trinajstić information content (AvgIpc) is 2.51. The largest absolute Gasteiger partial charge is 0.393 e. The van der Waals surface area contributed by atoms with Gasteiger partial charge in [-0.15, -0.1) is 0 Å². The van der Waals surface area contributed by atoms with Crippen molar-refractivity contribution < 1.29 is 14.4 Å². The van der Waals surface area contributed by atoms with Crippen LogP contribution in [0.2, 0.25) is 0 Å². The fourth-order valence-electron chi connectivity index (χ4n) is 0.952. The molecule has 1 heterocycles. The van der Waals surface area contributed by atoms with Gasteiger partial charge in [0.2, 0.25) is 5.76 Å². The maximum Gasteiger partial charge on any atom is 0.289 e. The lowest BCUT2D eigenvalue weighted by Gasteiger charge is -2.04. The molecular formula is C9H14N2O3. The number of aliphatic hydroxyl groups is 1. The number of hydrogen-bond donors (Lipinski definition) is 2. The minimum absolute atomic E-state index is 0.202. The van der Waals surface area contributed by atoms with E-state index >= 15 is 0 Å². The topological polar surface area (TPSA) is 75.4 Å². The molecule has 1 amide bonds. The van der Waals surface area contributed by atoms with E-state index in [4.69, 9.17) is 9.63 Å². The van der Waals surface area contributed by atoms with Gasteiger partial charge in [0, 0.05) is 12.6 Å². The second kappa shape index (κ2) is 4.76. The van der Waals surface area contributed by atoms with Crippen LogP contribution in [0.3, 0.4) is 0 Å². The van der Waals surface area contributed by atoms with Crippen LogP contribution < -0.4 is 5.32 Å². The van der Waals surface area contributed by atoms with Gasteiger partial charge in [0.05, 0.1) is 11.8 Å². The highest BCUT2D eigenvalue weighted by Gasteiger charge is 2.10. The summed E-state index contributed by atoms with van der Waals surface area (Å²) in [7, 11) is 0. The maximum atomic E-state index is 11.3. The van der Waals surface area contributed by atoms with E-state index in [0.717, 1.165) is 0 Å². The molecule has 0 spiro atoms. The SMILES string of the molecule is Cc1cc(C(=O)NCCC(C)O)on1. The number of nitrogens with zero attached hydrogens (tertiary/aromatic N) is 1. The molecule has 1 atom stereocenters. The molecule has 2 N–H and O–H groups in total. The molecule has 0 aliphatic heterocycles. The molecule has 5 heteroatoms. The number of rotatable bonds is 4. The quantitative estimate of drug-likeness (QED) is 0.738. The number of nitrogens with one attached hydrogen (secondary N) is 1. The highest BCUT2D eigenvalue weighted by molar-refractivity contribution is 5.91. The third-order valence-electron chi connectivity index (χ3n) is 1.70. The van der Waals surface area contributed by atoms with Gasteiger partial charge in [-0.3, -0.25) is 4.79 Å². The predicted molar refractivity (Wildman–Crippen MR) is 49.9 cm³/mol. The van der Waals surface area contributed by atoms with Crippen LogP contribution in [0.1, 0.15) is 29.6 Å². The Hall–Kier alpha value is -1.36. The van der Waals surface area contributed by atoms with Gasteiger partial charge in [-0.25, -0.2) is 0 Å². The lowest BCUT2D eigenvalue weighted by molar-refractivity contribution is 0.0908. The lowest BCUT2D eigenvalue weighted by Crippen LogP contribution is -2.26. The smallest absolute Gasteiger partial charge is 0.289 e. The van der Waals surface area contributed by atoms with Crippen molar-refractivity contribution >= 4 is 5.91 Å². The Morgan fingerprint density at radius 1 is 1.79 bits per heavy atom. The van der Waals surface area contributed by atoms with Crippen molar-refractivity contribution in [3.8, 4) is 0 Å². The normalized spacial score (nSPS) is 12.5. The van der Waals surface area contributed by atoms with Crippen molar-refractivity contribution in [3.05, 3.63) is 17.5 Å². The third-order valence-corrected chi connectivity index (χ3v) is 1.70. The molecule has 0 aliphatic rings. The number of amides is 1. The molecule has 1 aromatic heterocycles. The lowest BCUT2D eigenvalue weighted by atomic mass is 10.3. The number of aliphatic hydroxyl groups excluding tert-OH is 1. The first kappa shape index (κ1) is 10.7. The predicted octanol–water partition coefficient (Wildman–Crippen LogP) is 0.484. The van der Waals surface area contributed by atoms with Gasteiger partial charge >= 0.3 is 0 Å². The van der Waals surface area contributed by atoms with Crippen molar-refractivity contribution in [3.63, 3.8) is 0 Å². The van der Waals surface area contributed by atoms with E-state index in [-0.39, 0.29) is 11.7 Å². The van der Waals surface area contributed by atoms with Crippen LogP contribution in [-0.4, -0.2) is 28.8 Å². The van der Waals surface area contributed by atoms with Crippen molar-refractivity contribution in [2.24, 2.45) is 0 Å². The van der Waals surface area contributed by atoms with Gasteiger partial charge in [0.1, 0.15) is 0 Å². The van der Waals surface area contributed by atoms with Gasteiger partial charge in [-0.2, -0.15) is 0 Å². The molecule has 0 aliphatic carbocycles. The van der Waals surface area contributed by atoms with E-state index in [1.54, 1.807) is 19.9 Å². The first-order valence-electron chi connectivity index (χ1n) is 4.49.